The lowest BCUT2D eigenvalue weighted by Gasteiger charge is -2.04. The lowest BCUT2D eigenvalue weighted by atomic mass is 10.0. The van der Waals surface area contributed by atoms with Crippen molar-refractivity contribution < 1.29 is 4.92 Å². The second-order valence-corrected chi connectivity index (χ2v) is 3.36. The topological polar surface area (TPSA) is 43.1 Å². The Hall–Kier alpha value is -1.09. The van der Waals surface area contributed by atoms with E-state index in [-0.39, 0.29) is 5.69 Å². The number of nitrogens with zero attached hydrogens (tertiary/aromatic N) is 1. The average molecular weight is 214 g/mol. The number of aryl methyl sites for hydroxylation is 1. The van der Waals surface area contributed by atoms with Crippen LogP contribution in [0.4, 0.5) is 5.69 Å². The molecule has 4 heteroatoms. The number of nitro benzene ring substituents is 1. The molecule has 1 aromatic rings. The van der Waals surface area contributed by atoms with Crippen LogP contribution >= 0.6 is 11.6 Å². The molecule has 0 aliphatic carbocycles. The molecule has 0 saturated carbocycles. The van der Waals surface area contributed by atoms with Gasteiger partial charge in [-0.2, -0.15) is 0 Å². The maximum atomic E-state index is 10.5. The molecule has 0 spiro atoms. The molecule has 0 N–H and O–H groups in total. The van der Waals surface area contributed by atoms with Crippen LogP contribution in [0.5, 0.6) is 0 Å². The van der Waals surface area contributed by atoms with E-state index >= 15 is 0 Å². The van der Waals surface area contributed by atoms with Gasteiger partial charge in [-0.1, -0.05) is 19.4 Å². The Bertz CT molecular complexity index is 339. The maximum absolute atomic E-state index is 10.5. The van der Waals surface area contributed by atoms with Crippen molar-refractivity contribution in [2.45, 2.75) is 25.6 Å². The molecule has 0 atom stereocenters. The van der Waals surface area contributed by atoms with Crippen molar-refractivity contribution in [3.05, 3.63) is 39.4 Å². The number of halogens is 1. The Morgan fingerprint density at radius 1 is 1.43 bits per heavy atom. The Morgan fingerprint density at radius 3 is 2.64 bits per heavy atom. The first-order valence-electron chi connectivity index (χ1n) is 4.51. The van der Waals surface area contributed by atoms with Gasteiger partial charge in [0.15, 0.2) is 0 Å². The summed E-state index contributed by atoms with van der Waals surface area (Å²) in [5.41, 5.74) is 2.08. The predicted molar refractivity (Wildman–Crippen MR) is 56.6 cm³/mol. The average Bonchev–Trinajstić information content (AvgIpc) is 2.18. The highest BCUT2D eigenvalue weighted by Gasteiger charge is 2.09. The van der Waals surface area contributed by atoms with E-state index in [0.29, 0.717) is 5.88 Å². The van der Waals surface area contributed by atoms with E-state index in [9.17, 15) is 10.1 Å². The van der Waals surface area contributed by atoms with Gasteiger partial charge in [0.2, 0.25) is 0 Å². The van der Waals surface area contributed by atoms with Crippen molar-refractivity contribution in [3.63, 3.8) is 0 Å². The third-order valence-corrected chi connectivity index (χ3v) is 2.35. The lowest BCUT2D eigenvalue weighted by Crippen LogP contribution is -1.94. The summed E-state index contributed by atoms with van der Waals surface area (Å²) in [4.78, 5) is 10.1. The fraction of sp³-hybridized carbons (Fsp3) is 0.400. The van der Waals surface area contributed by atoms with E-state index < -0.39 is 4.92 Å². The van der Waals surface area contributed by atoms with Crippen LogP contribution in [0.2, 0.25) is 0 Å². The summed E-state index contributed by atoms with van der Waals surface area (Å²) in [7, 11) is 0. The summed E-state index contributed by atoms with van der Waals surface area (Å²) < 4.78 is 0. The third-order valence-electron chi connectivity index (χ3n) is 2.06. The minimum absolute atomic E-state index is 0.112. The molecule has 0 bridgehead atoms. The van der Waals surface area contributed by atoms with Crippen LogP contribution in [0.1, 0.15) is 24.5 Å². The number of non-ortho nitro benzene ring substituents is 1. The van der Waals surface area contributed by atoms with E-state index in [1.54, 1.807) is 12.1 Å². The highest BCUT2D eigenvalue weighted by Crippen LogP contribution is 2.20. The van der Waals surface area contributed by atoms with Gasteiger partial charge in [-0.05, 0) is 17.5 Å². The minimum atomic E-state index is -0.397. The van der Waals surface area contributed by atoms with E-state index in [0.717, 1.165) is 24.0 Å². The van der Waals surface area contributed by atoms with Crippen LogP contribution in [0.15, 0.2) is 18.2 Å². The number of benzene rings is 1. The molecule has 14 heavy (non-hydrogen) atoms. The number of rotatable bonds is 4. The molecule has 3 nitrogen and oxygen atoms in total. The van der Waals surface area contributed by atoms with Crippen molar-refractivity contribution in [1.82, 2.24) is 0 Å². The summed E-state index contributed by atoms with van der Waals surface area (Å²) in [6, 6.07) is 4.87. The highest BCUT2D eigenvalue weighted by atomic mass is 35.5. The predicted octanol–water partition coefficient (Wildman–Crippen LogP) is 3.29. The fourth-order valence-corrected chi connectivity index (χ4v) is 1.61. The highest BCUT2D eigenvalue weighted by molar-refractivity contribution is 6.17. The van der Waals surface area contributed by atoms with Crippen LogP contribution in [-0.2, 0) is 12.3 Å². The van der Waals surface area contributed by atoms with E-state index in [1.165, 1.54) is 6.07 Å². The lowest BCUT2D eigenvalue weighted by molar-refractivity contribution is -0.384. The Kier molecular flexibility index (Phi) is 3.89. The van der Waals surface area contributed by atoms with Gasteiger partial charge in [-0.3, -0.25) is 10.1 Å². The molecule has 0 radical (unpaired) electrons. The van der Waals surface area contributed by atoms with Gasteiger partial charge < -0.3 is 0 Å². The molecule has 0 unspecified atom stereocenters. The smallest absolute Gasteiger partial charge is 0.258 e. The molecule has 1 aromatic carbocycles. The molecular formula is C10H12ClNO2. The summed E-state index contributed by atoms with van der Waals surface area (Å²) in [6.07, 6.45) is 1.93. The summed E-state index contributed by atoms with van der Waals surface area (Å²) >= 11 is 5.72. The zero-order chi connectivity index (χ0) is 10.6. The number of alkyl halides is 1. The molecule has 0 aliphatic rings. The van der Waals surface area contributed by atoms with Gasteiger partial charge in [0.25, 0.3) is 5.69 Å². The van der Waals surface area contributed by atoms with Crippen LogP contribution < -0.4 is 0 Å². The van der Waals surface area contributed by atoms with Crippen LogP contribution in [0.3, 0.4) is 0 Å². The summed E-state index contributed by atoms with van der Waals surface area (Å²) in [6.45, 7) is 2.07. The largest absolute Gasteiger partial charge is 0.269 e. The normalized spacial score (nSPS) is 10.1. The number of hydrogen-bond acceptors (Lipinski definition) is 2. The van der Waals surface area contributed by atoms with Gasteiger partial charge in [-0.15, -0.1) is 11.6 Å². The monoisotopic (exact) mass is 213 g/mol. The third kappa shape index (κ3) is 2.45. The van der Waals surface area contributed by atoms with Crippen molar-refractivity contribution in [2.75, 3.05) is 0 Å². The van der Waals surface area contributed by atoms with Crippen molar-refractivity contribution in [1.29, 1.82) is 0 Å². The second-order valence-electron chi connectivity index (χ2n) is 3.09. The van der Waals surface area contributed by atoms with Gasteiger partial charge in [-0.25, -0.2) is 0 Å². The van der Waals surface area contributed by atoms with Crippen molar-refractivity contribution in [3.8, 4) is 0 Å². The SMILES string of the molecule is CCCc1ccc([N+](=O)[O-])cc1CCl. The Labute approximate surface area is 87.8 Å². The summed E-state index contributed by atoms with van der Waals surface area (Å²) in [5, 5.41) is 10.5. The summed E-state index contributed by atoms with van der Waals surface area (Å²) in [5.74, 6) is 0.330. The number of hydrogen-bond donors (Lipinski definition) is 0. The first-order chi connectivity index (χ1) is 6.69. The van der Waals surface area contributed by atoms with Gasteiger partial charge in [0.05, 0.1) is 4.92 Å². The van der Waals surface area contributed by atoms with Crippen molar-refractivity contribution in [2.24, 2.45) is 0 Å². The van der Waals surface area contributed by atoms with Crippen LogP contribution in [-0.4, -0.2) is 4.92 Å². The Morgan fingerprint density at radius 2 is 2.14 bits per heavy atom. The first kappa shape index (κ1) is 11.0. The van der Waals surface area contributed by atoms with Gasteiger partial charge in [0.1, 0.15) is 0 Å². The zero-order valence-electron chi connectivity index (χ0n) is 8.00. The van der Waals surface area contributed by atoms with E-state index in [2.05, 4.69) is 6.92 Å². The van der Waals surface area contributed by atoms with E-state index in [1.807, 2.05) is 0 Å². The molecule has 0 fully saturated rings. The second kappa shape index (κ2) is 4.96. The molecule has 1 rings (SSSR count). The van der Waals surface area contributed by atoms with Gasteiger partial charge >= 0.3 is 0 Å². The van der Waals surface area contributed by atoms with Crippen molar-refractivity contribution >= 4 is 17.3 Å². The molecule has 0 aliphatic heterocycles. The van der Waals surface area contributed by atoms with E-state index in [4.69, 9.17) is 11.6 Å². The molecule has 0 heterocycles. The zero-order valence-corrected chi connectivity index (χ0v) is 8.75. The Balaban J connectivity index is 3.04. The molecule has 76 valence electrons. The number of nitro groups is 1. The molecular weight excluding hydrogens is 202 g/mol. The fourth-order valence-electron chi connectivity index (χ4n) is 1.36. The quantitative estimate of drug-likeness (QED) is 0.438. The molecule has 0 aromatic heterocycles. The van der Waals surface area contributed by atoms with Crippen LogP contribution in [0, 0.1) is 10.1 Å². The molecule has 0 saturated heterocycles. The standard InChI is InChI=1S/C10H12ClNO2/c1-2-3-8-4-5-10(12(13)14)6-9(8)7-11/h4-6H,2-3,7H2,1H3. The van der Waals surface area contributed by atoms with Gasteiger partial charge in [0, 0.05) is 18.0 Å². The first-order valence-corrected chi connectivity index (χ1v) is 5.04. The maximum Gasteiger partial charge on any atom is 0.269 e. The van der Waals surface area contributed by atoms with Crippen LogP contribution in [0.25, 0.3) is 0 Å². The molecule has 0 amide bonds. The minimum Gasteiger partial charge on any atom is -0.258 e.